The van der Waals surface area contributed by atoms with E-state index in [9.17, 15) is 14.7 Å². The number of aliphatic hydroxyl groups is 1. The minimum absolute atomic E-state index is 0.0872. The van der Waals surface area contributed by atoms with Gasteiger partial charge in [-0.25, -0.2) is 0 Å². The van der Waals surface area contributed by atoms with Gasteiger partial charge in [-0.05, 0) is 43.2 Å². The Hall–Kier alpha value is -1.88. The van der Waals surface area contributed by atoms with Gasteiger partial charge in [0.2, 0.25) is 0 Å². The van der Waals surface area contributed by atoms with E-state index in [1.165, 1.54) is 0 Å². The lowest BCUT2D eigenvalue weighted by atomic mass is 9.75. The van der Waals surface area contributed by atoms with Gasteiger partial charge in [-0.3, -0.25) is 9.59 Å². The number of carboxylic acids is 2. The summed E-state index contributed by atoms with van der Waals surface area (Å²) in [6.45, 7) is 0. The van der Waals surface area contributed by atoms with Crippen LogP contribution >= 0.6 is 0 Å². The van der Waals surface area contributed by atoms with E-state index in [1.54, 1.807) is 0 Å². The third-order valence-corrected chi connectivity index (χ3v) is 4.28. The standard InChI is InChI=1S/C16H20O5/c17-14(18)6-3-11-1-4-13(5-2-11)16(21)9-7-12(8-10-16)15(19)20/h1-2,4-5,12,21H,3,6-10H2,(H,17,18)(H,19,20). The molecule has 1 aromatic rings. The molecule has 0 heterocycles. The first kappa shape index (κ1) is 15.5. The number of aryl methyl sites for hydroxylation is 1. The normalized spacial score (nSPS) is 25.5. The van der Waals surface area contributed by atoms with E-state index in [0.29, 0.717) is 32.1 Å². The van der Waals surface area contributed by atoms with Gasteiger partial charge in [0.05, 0.1) is 11.5 Å². The number of rotatable bonds is 5. The fourth-order valence-corrected chi connectivity index (χ4v) is 2.86. The predicted molar refractivity (Wildman–Crippen MR) is 75.9 cm³/mol. The second-order valence-electron chi connectivity index (χ2n) is 5.73. The molecule has 0 amide bonds. The first-order valence-corrected chi connectivity index (χ1v) is 7.17. The van der Waals surface area contributed by atoms with Gasteiger partial charge in [0, 0.05) is 6.42 Å². The molecule has 3 N–H and O–H groups in total. The second-order valence-corrected chi connectivity index (χ2v) is 5.73. The Morgan fingerprint density at radius 2 is 1.67 bits per heavy atom. The minimum Gasteiger partial charge on any atom is -0.481 e. The molecule has 0 bridgehead atoms. The van der Waals surface area contributed by atoms with Crippen molar-refractivity contribution in [2.75, 3.05) is 0 Å². The summed E-state index contributed by atoms with van der Waals surface area (Å²) in [6, 6.07) is 7.30. The molecule has 21 heavy (non-hydrogen) atoms. The molecule has 0 unspecified atom stereocenters. The number of carboxylic acid groups (broad SMARTS) is 2. The van der Waals surface area contributed by atoms with Gasteiger partial charge >= 0.3 is 11.9 Å². The number of aliphatic carboxylic acids is 2. The Kier molecular flexibility index (Phi) is 4.63. The van der Waals surface area contributed by atoms with Crippen molar-refractivity contribution < 1.29 is 24.9 Å². The molecule has 0 aliphatic heterocycles. The molecule has 114 valence electrons. The van der Waals surface area contributed by atoms with Crippen molar-refractivity contribution in [1.82, 2.24) is 0 Å². The fourth-order valence-electron chi connectivity index (χ4n) is 2.86. The summed E-state index contributed by atoms with van der Waals surface area (Å²) in [4.78, 5) is 21.5. The van der Waals surface area contributed by atoms with Crippen LogP contribution in [0.4, 0.5) is 0 Å². The molecule has 2 rings (SSSR count). The summed E-state index contributed by atoms with van der Waals surface area (Å²) >= 11 is 0. The van der Waals surface area contributed by atoms with Crippen molar-refractivity contribution in [2.45, 2.75) is 44.1 Å². The second kappa shape index (κ2) is 6.26. The monoisotopic (exact) mass is 292 g/mol. The first-order valence-electron chi connectivity index (χ1n) is 7.17. The van der Waals surface area contributed by atoms with Crippen LogP contribution in [0.3, 0.4) is 0 Å². The van der Waals surface area contributed by atoms with E-state index >= 15 is 0 Å². The molecular weight excluding hydrogens is 272 g/mol. The molecule has 0 saturated heterocycles. The van der Waals surface area contributed by atoms with Gasteiger partial charge in [-0.1, -0.05) is 24.3 Å². The van der Waals surface area contributed by atoms with E-state index in [1.807, 2.05) is 24.3 Å². The van der Waals surface area contributed by atoms with E-state index < -0.39 is 17.5 Å². The quantitative estimate of drug-likeness (QED) is 0.773. The zero-order chi connectivity index (χ0) is 15.5. The summed E-state index contributed by atoms with van der Waals surface area (Å²) < 4.78 is 0. The smallest absolute Gasteiger partial charge is 0.306 e. The highest BCUT2D eigenvalue weighted by Crippen LogP contribution is 2.39. The van der Waals surface area contributed by atoms with Crippen LogP contribution in [-0.4, -0.2) is 27.3 Å². The number of benzene rings is 1. The Morgan fingerprint density at radius 3 is 2.14 bits per heavy atom. The molecule has 1 aliphatic rings. The maximum atomic E-state index is 10.9. The number of carbonyl (C=O) groups is 2. The van der Waals surface area contributed by atoms with Gasteiger partial charge < -0.3 is 15.3 Å². The van der Waals surface area contributed by atoms with Crippen LogP contribution in [0.1, 0.15) is 43.2 Å². The van der Waals surface area contributed by atoms with Gasteiger partial charge in [0.1, 0.15) is 0 Å². The largest absolute Gasteiger partial charge is 0.481 e. The van der Waals surface area contributed by atoms with Crippen molar-refractivity contribution >= 4 is 11.9 Å². The van der Waals surface area contributed by atoms with Crippen molar-refractivity contribution in [3.8, 4) is 0 Å². The zero-order valence-electron chi connectivity index (χ0n) is 11.8. The van der Waals surface area contributed by atoms with Crippen LogP contribution in [0.2, 0.25) is 0 Å². The average molecular weight is 292 g/mol. The van der Waals surface area contributed by atoms with Crippen LogP contribution in [0, 0.1) is 5.92 Å². The SMILES string of the molecule is O=C(O)CCc1ccc(C2(O)CCC(C(=O)O)CC2)cc1. The Bertz CT molecular complexity index is 512. The number of hydrogen-bond donors (Lipinski definition) is 3. The molecular formula is C16H20O5. The lowest BCUT2D eigenvalue weighted by molar-refractivity contribution is -0.145. The molecule has 0 aromatic heterocycles. The molecule has 0 radical (unpaired) electrons. The predicted octanol–water partition coefficient (Wildman–Crippen LogP) is 2.17. The highest BCUT2D eigenvalue weighted by Gasteiger charge is 2.36. The van der Waals surface area contributed by atoms with Crippen LogP contribution in [0.25, 0.3) is 0 Å². The van der Waals surface area contributed by atoms with Crippen molar-refractivity contribution in [3.63, 3.8) is 0 Å². The van der Waals surface area contributed by atoms with Crippen molar-refractivity contribution in [2.24, 2.45) is 5.92 Å². The van der Waals surface area contributed by atoms with E-state index in [-0.39, 0.29) is 12.3 Å². The highest BCUT2D eigenvalue weighted by molar-refractivity contribution is 5.70. The molecule has 5 heteroatoms. The van der Waals surface area contributed by atoms with Crippen LogP contribution in [0.5, 0.6) is 0 Å². The lowest BCUT2D eigenvalue weighted by Gasteiger charge is -2.35. The molecule has 1 fully saturated rings. The molecule has 5 nitrogen and oxygen atoms in total. The first-order chi connectivity index (χ1) is 9.90. The Morgan fingerprint density at radius 1 is 1.10 bits per heavy atom. The molecule has 1 aromatic carbocycles. The zero-order valence-corrected chi connectivity index (χ0v) is 11.8. The topological polar surface area (TPSA) is 94.8 Å². The van der Waals surface area contributed by atoms with Gasteiger partial charge in [-0.15, -0.1) is 0 Å². The van der Waals surface area contributed by atoms with E-state index in [2.05, 4.69) is 0 Å². The fraction of sp³-hybridized carbons (Fsp3) is 0.500. The van der Waals surface area contributed by atoms with E-state index in [4.69, 9.17) is 10.2 Å². The van der Waals surface area contributed by atoms with Crippen molar-refractivity contribution in [1.29, 1.82) is 0 Å². The summed E-state index contributed by atoms with van der Waals surface area (Å²) in [7, 11) is 0. The Labute approximate surface area is 123 Å². The average Bonchev–Trinajstić information content (AvgIpc) is 2.46. The lowest BCUT2D eigenvalue weighted by Crippen LogP contribution is -2.33. The van der Waals surface area contributed by atoms with E-state index in [0.717, 1.165) is 11.1 Å². The molecule has 0 spiro atoms. The molecule has 1 aliphatic carbocycles. The van der Waals surface area contributed by atoms with Gasteiger partial charge in [0.15, 0.2) is 0 Å². The van der Waals surface area contributed by atoms with Crippen molar-refractivity contribution in [3.05, 3.63) is 35.4 Å². The Balaban J connectivity index is 2.01. The summed E-state index contributed by atoms with van der Waals surface area (Å²) in [6.07, 6.45) is 2.40. The maximum Gasteiger partial charge on any atom is 0.306 e. The summed E-state index contributed by atoms with van der Waals surface area (Å²) in [5, 5.41) is 28.3. The summed E-state index contributed by atoms with van der Waals surface area (Å²) in [5.41, 5.74) is 0.742. The third kappa shape index (κ3) is 3.82. The van der Waals surface area contributed by atoms with Gasteiger partial charge in [-0.2, -0.15) is 0 Å². The number of hydrogen-bond acceptors (Lipinski definition) is 3. The van der Waals surface area contributed by atoms with Crippen LogP contribution in [-0.2, 0) is 21.6 Å². The van der Waals surface area contributed by atoms with Crippen LogP contribution in [0.15, 0.2) is 24.3 Å². The third-order valence-electron chi connectivity index (χ3n) is 4.28. The summed E-state index contributed by atoms with van der Waals surface area (Å²) in [5.74, 6) is -1.98. The maximum absolute atomic E-state index is 10.9. The molecule has 0 atom stereocenters. The minimum atomic E-state index is -0.961. The van der Waals surface area contributed by atoms with Gasteiger partial charge in [0.25, 0.3) is 0 Å². The highest BCUT2D eigenvalue weighted by atomic mass is 16.4. The van der Waals surface area contributed by atoms with Crippen LogP contribution < -0.4 is 0 Å². The molecule has 1 saturated carbocycles.